The fraction of sp³-hybridized carbons (Fsp3) is 0.429. The highest BCUT2D eigenvalue weighted by atomic mass is 15.1. The zero-order valence-electron chi connectivity index (χ0n) is 14.3. The van der Waals surface area contributed by atoms with Gasteiger partial charge in [0.15, 0.2) is 0 Å². The Morgan fingerprint density at radius 2 is 1.27 bits per heavy atom. The number of hydrogen-bond donors (Lipinski definition) is 0. The molecular formula is C21H29N. The van der Waals surface area contributed by atoms with Gasteiger partial charge < -0.3 is 4.90 Å². The Balaban J connectivity index is 2.38. The monoisotopic (exact) mass is 295 g/mol. The van der Waals surface area contributed by atoms with Crippen molar-refractivity contribution in [2.75, 3.05) is 18.0 Å². The Bertz CT molecular complexity index is 566. The van der Waals surface area contributed by atoms with Crippen LogP contribution in [-0.4, -0.2) is 13.1 Å². The maximum Gasteiger partial charge on any atom is 0.0445 e. The van der Waals surface area contributed by atoms with E-state index in [4.69, 9.17) is 0 Å². The largest absolute Gasteiger partial charge is 0.371 e. The Labute approximate surface area is 136 Å². The molecule has 2 aromatic rings. The van der Waals surface area contributed by atoms with Crippen molar-refractivity contribution in [3.63, 3.8) is 0 Å². The lowest BCUT2D eigenvalue weighted by atomic mass is 9.98. The number of aryl methyl sites for hydroxylation is 1. The first-order chi connectivity index (χ1) is 10.8. The summed E-state index contributed by atoms with van der Waals surface area (Å²) in [6.07, 6.45) is 5.00. The van der Waals surface area contributed by atoms with E-state index in [-0.39, 0.29) is 0 Å². The van der Waals surface area contributed by atoms with Crippen LogP contribution in [0, 0.1) is 6.92 Å². The SMILES string of the molecule is CCCCN(CCCC)c1ccccc1-c1ccccc1C. The summed E-state index contributed by atoms with van der Waals surface area (Å²) in [4.78, 5) is 2.58. The van der Waals surface area contributed by atoms with Gasteiger partial charge in [-0.05, 0) is 37.0 Å². The molecule has 0 aliphatic rings. The third-order valence-electron chi connectivity index (χ3n) is 4.24. The summed E-state index contributed by atoms with van der Waals surface area (Å²) in [6.45, 7) is 9.05. The van der Waals surface area contributed by atoms with Crippen LogP contribution in [0.4, 0.5) is 5.69 Å². The number of unbranched alkanes of at least 4 members (excludes halogenated alkanes) is 2. The van der Waals surface area contributed by atoms with E-state index in [1.165, 1.54) is 48.1 Å². The molecule has 0 aliphatic carbocycles. The summed E-state index contributed by atoms with van der Waals surface area (Å²) < 4.78 is 0. The predicted molar refractivity (Wildman–Crippen MR) is 98.6 cm³/mol. The maximum absolute atomic E-state index is 2.58. The molecule has 0 aromatic heterocycles. The summed E-state index contributed by atoms with van der Waals surface area (Å²) >= 11 is 0. The van der Waals surface area contributed by atoms with E-state index in [1.54, 1.807) is 0 Å². The Morgan fingerprint density at radius 3 is 1.86 bits per heavy atom. The first-order valence-corrected chi connectivity index (χ1v) is 8.67. The minimum atomic E-state index is 1.15. The van der Waals surface area contributed by atoms with E-state index in [0.29, 0.717) is 0 Å². The van der Waals surface area contributed by atoms with E-state index >= 15 is 0 Å². The number of anilines is 1. The predicted octanol–water partition coefficient (Wildman–Crippen LogP) is 6.07. The lowest BCUT2D eigenvalue weighted by molar-refractivity contribution is 0.678. The van der Waals surface area contributed by atoms with Gasteiger partial charge in [-0.2, -0.15) is 0 Å². The standard InChI is InChI=1S/C21H29N/c1-4-6-16-22(17-7-5-2)21-15-11-10-14-20(21)19-13-9-8-12-18(19)3/h8-15H,4-7,16-17H2,1-3H3. The summed E-state index contributed by atoms with van der Waals surface area (Å²) in [5, 5.41) is 0. The van der Waals surface area contributed by atoms with Gasteiger partial charge >= 0.3 is 0 Å². The Kier molecular flexibility index (Phi) is 6.51. The van der Waals surface area contributed by atoms with Crippen molar-refractivity contribution in [3.8, 4) is 11.1 Å². The van der Waals surface area contributed by atoms with Gasteiger partial charge in [0.1, 0.15) is 0 Å². The van der Waals surface area contributed by atoms with Gasteiger partial charge in [0.2, 0.25) is 0 Å². The maximum atomic E-state index is 2.58. The lowest BCUT2D eigenvalue weighted by Crippen LogP contribution is -2.26. The van der Waals surface area contributed by atoms with Crippen LogP contribution in [0.1, 0.15) is 45.1 Å². The minimum absolute atomic E-state index is 1.15. The van der Waals surface area contributed by atoms with E-state index in [2.05, 4.69) is 74.2 Å². The molecule has 1 nitrogen and oxygen atoms in total. The van der Waals surface area contributed by atoms with Crippen LogP contribution >= 0.6 is 0 Å². The molecule has 1 heteroatoms. The van der Waals surface area contributed by atoms with Crippen LogP contribution in [0.15, 0.2) is 48.5 Å². The number of rotatable bonds is 8. The Morgan fingerprint density at radius 1 is 0.727 bits per heavy atom. The van der Waals surface area contributed by atoms with Crippen LogP contribution in [-0.2, 0) is 0 Å². The molecule has 0 amide bonds. The van der Waals surface area contributed by atoms with Crippen molar-refractivity contribution in [2.24, 2.45) is 0 Å². The molecule has 0 heterocycles. The van der Waals surface area contributed by atoms with Gasteiger partial charge in [-0.25, -0.2) is 0 Å². The van der Waals surface area contributed by atoms with Crippen molar-refractivity contribution in [3.05, 3.63) is 54.1 Å². The molecule has 0 unspecified atom stereocenters. The number of hydrogen-bond acceptors (Lipinski definition) is 1. The van der Waals surface area contributed by atoms with Crippen LogP contribution in [0.5, 0.6) is 0 Å². The van der Waals surface area contributed by atoms with E-state index < -0.39 is 0 Å². The fourth-order valence-corrected chi connectivity index (χ4v) is 2.90. The molecule has 2 aromatic carbocycles. The number of nitrogens with zero attached hydrogens (tertiary/aromatic N) is 1. The van der Waals surface area contributed by atoms with Gasteiger partial charge in [0.25, 0.3) is 0 Å². The van der Waals surface area contributed by atoms with Crippen molar-refractivity contribution >= 4 is 5.69 Å². The van der Waals surface area contributed by atoms with Gasteiger partial charge in [-0.1, -0.05) is 69.2 Å². The molecule has 0 radical (unpaired) electrons. The smallest absolute Gasteiger partial charge is 0.0445 e. The van der Waals surface area contributed by atoms with Crippen LogP contribution in [0.2, 0.25) is 0 Å². The molecule has 0 aliphatic heterocycles. The third kappa shape index (κ3) is 4.13. The topological polar surface area (TPSA) is 3.24 Å². The van der Waals surface area contributed by atoms with Crippen molar-refractivity contribution in [1.82, 2.24) is 0 Å². The zero-order chi connectivity index (χ0) is 15.8. The summed E-state index contributed by atoms with van der Waals surface area (Å²) in [6, 6.07) is 17.6. The average Bonchev–Trinajstić information content (AvgIpc) is 2.56. The van der Waals surface area contributed by atoms with Gasteiger partial charge in [-0.3, -0.25) is 0 Å². The van der Waals surface area contributed by atoms with E-state index in [1.807, 2.05) is 0 Å². The molecule has 0 fully saturated rings. The second kappa shape index (κ2) is 8.63. The van der Waals surface area contributed by atoms with Crippen molar-refractivity contribution in [1.29, 1.82) is 0 Å². The average molecular weight is 295 g/mol. The number of para-hydroxylation sites is 1. The summed E-state index contributed by atoms with van der Waals surface area (Å²) in [7, 11) is 0. The van der Waals surface area contributed by atoms with Gasteiger partial charge in [0.05, 0.1) is 0 Å². The normalized spacial score (nSPS) is 10.7. The highest BCUT2D eigenvalue weighted by molar-refractivity contribution is 5.80. The molecule has 22 heavy (non-hydrogen) atoms. The molecule has 0 saturated heterocycles. The van der Waals surface area contributed by atoms with Gasteiger partial charge in [0, 0.05) is 24.3 Å². The van der Waals surface area contributed by atoms with Crippen LogP contribution in [0.3, 0.4) is 0 Å². The van der Waals surface area contributed by atoms with Crippen molar-refractivity contribution < 1.29 is 0 Å². The summed E-state index contributed by atoms with van der Waals surface area (Å²) in [5.74, 6) is 0. The third-order valence-corrected chi connectivity index (χ3v) is 4.24. The molecule has 0 saturated carbocycles. The van der Waals surface area contributed by atoms with Gasteiger partial charge in [-0.15, -0.1) is 0 Å². The molecule has 0 bridgehead atoms. The minimum Gasteiger partial charge on any atom is -0.371 e. The van der Waals surface area contributed by atoms with E-state index in [9.17, 15) is 0 Å². The summed E-state index contributed by atoms with van der Waals surface area (Å²) in [5.41, 5.74) is 5.46. The number of benzene rings is 2. The molecule has 0 N–H and O–H groups in total. The molecular weight excluding hydrogens is 266 g/mol. The fourth-order valence-electron chi connectivity index (χ4n) is 2.90. The Hall–Kier alpha value is -1.76. The first-order valence-electron chi connectivity index (χ1n) is 8.67. The molecule has 0 spiro atoms. The zero-order valence-corrected chi connectivity index (χ0v) is 14.3. The second-order valence-electron chi connectivity index (χ2n) is 6.03. The molecule has 0 atom stereocenters. The lowest BCUT2D eigenvalue weighted by Gasteiger charge is -2.27. The van der Waals surface area contributed by atoms with Crippen LogP contribution in [0.25, 0.3) is 11.1 Å². The van der Waals surface area contributed by atoms with E-state index in [0.717, 1.165) is 13.1 Å². The van der Waals surface area contributed by atoms with Crippen LogP contribution < -0.4 is 4.90 Å². The second-order valence-corrected chi connectivity index (χ2v) is 6.03. The molecule has 118 valence electrons. The highest BCUT2D eigenvalue weighted by Gasteiger charge is 2.12. The highest BCUT2D eigenvalue weighted by Crippen LogP contribution is 2.33. The van der Waals surface area contributed by atoms with Crippen molar-refractivity contribution in [2.45, 2.75) is 46.5 Å². The first kappa shape index (κ1) is 16.6. The molecule has 2 rings (SSSR count). The quantitative estimate of drug-likeness (QED) is 0.571.